The lowest BCUT2D eigenvalue weighted by Crippen LogP contribution is -2.35. The zero-order chi connectivity index (χ0) is 12.8. The van der Waals surface area contributed by atoms with Crippen LogP contribution in [0, 0.1) is 6.92 Å². The fourth-order valence-electron chi connectivity index (χ4n) is 2.52. The van der Waals surface area contributed by atoms with Gasteiger partial charge in [-0.15, -0.1) is 0 Å². The molecule has 2 rings (SSSR count). The van der Waals surface area contributed by atoms with Crippen molar-refractivity contribution in [2.24, 2.45) is 5.73 Å². The SMILES string of the molecule is Cc1ccccc1CN(CCN)CC1CCCO1. The molecule has 0 radical (unpaired) electrons. The van der Waals surface area contributed by atoms with Crippen LogP contribution >= 0.6 is 0 Å². The second-order valence-corrected chi connectivity index (χ2v) is 5.09. The van der Waals surface area contributed by atoms with Crippen LogP contribution in [0.15, 0.2) is 24.3 Å². The summed E-state index contributed by atoms with van der Waals surface area (Å²) >= 11 is 0. The van der Waals surface area contributed by atoms with Crippen molar-refractivity contribution >= 4 is 0 Å². The zero-order valence-corrected chi connectivity index (χ0v) is 11.3. The lowest BCUT2D eigenvalue weighted by molar-refractivity contribution is 0.0716. The van der Waals surface area contributed by atoms with Crippen LogP contribution in [-0.4, -0.2) is 37.2 Å². The Morgan fingerprint density at radius 2 is 2.22 bits per heavy atom. The van der Waals surface area contributed by atoms with Gasteiger partial charge in [0.25, 0.3) is 0 Å². The van der Waals surface area contributed by atoms with Crippen LogP contribution in [0.5, 0.6) is 0 Å². The third kappa shape index (κ3) is 3.80. The predicted octanol–water partition coefficient (Wildman–Crippen LogP) is 1.93. The summed E-state index contributed by atoms with van der Waals surface area (Å²) in [4.78, 5) is 2.42. The van der Waals surface area contributed by atoms with E-state index in [9.17, 15) is 0 Å². The second-order valence-electron chi connectivity index (χ2n) is 5.09. The molecule has 1 aromatic rings. The van der Waals surface area contributed by atoms with E-state index in [0.717, 1.165) is 26.2 Å². The fraction of sp³-hybridized carbons (Fsp3) is 0.600. The highest BCUT2D eigenvalue weighted by molar-refractivity contribution is 5.25. The van der Waals surface area contributed by atoms with E-state index in [1.807, 2.05) is 0 Å². The quantitative estimate of drug-likeness (QED) is 0.836. The topological polar surface area (TPSA) is 38.5 Å². The summed E-state index contributed by atoms with van der Waals surface area (Å²) in [5.41, 5.74) is 8.46. The largest absolute Gasteiger partial charge is 0.377 e. The highest BCUT2D eigenvalue weighted by Crippen LogP contribution is 2.16. The molecule has 2 N–H and O–H groups in total. The van der Waals surface area contributed by atoms with Gasteiger partial charge in [0, 0.05) is 32.8 Å². The van der Waals surface area contributed by atoms with E-state index in [0.29, 0.717) is 12.6 Å². The first-order chi connectivity index (χ1) is 8.79. The molecule has 3 heteroatoms. The van der Waals surface area contributed by atoms with Gasteiger partial charge in [-0.2, -0.15) is 0 Å². The molecule has 1 aromatic carbocycles. The minimum atomic E-state index is 0.403. The molecule has 1 saturated heterocycles. The Labute approximate surface area is 110 Å². The fourth-order valence-corrected chi connectivity index (χ4v) is 2.52. The summed E-state index contributed by atoms with van der Waals surface area (Å²) in [5, 5.41) is 0. The highest BCUT2D eigenvalue weighted by atomic mass is 16.5. The molecule has 3 nitrogen and oxygen atoms in total. The standard InChI is InChI=1S/C15H24N2O/c1-13-5-2-3-6-14(13)11-17(9-8-16)12-15-7-4-10-18-15/h2-3,5-6,15H,4,7-12,16H2,1H3. The van der Waals surface area contributed by atoms with Crippen LogP contribution in [0.1, 0.15) is 24.0 Å². The van der Waals surface area contributed by atoms with E-state index < -0.39 is 0 Å². The first-order valence-corrected chi connectivity index (χ1v) is 6.88. The van der Waals surface area contributed by atoms with Gasteiger partial charge in [-0.05, 0) is 30.9 Å². The van der Waals surface area contributed by atoms with Crippen LogP contribution in [0.3, 0.4) is 0 Å². The van der Waals surface area contributed by atoms with Crippen molar-refractivity contribution in [3.63, 3.8) is 0 Å². The van der Waals surface area contributed by atoms with E-state index in [1.54, 1.807) is 0 Å². The molecule has 0 aliphatic carbocycles. The molecule has 0 amide bonds. The molecule has 1 atom stereocenters. The average molecular weight is 248 g/mol. The van der Waals surface area contributed by atoms with Crippen LogP contribution in [0.25, 0.3) is 0 Å². The molecular formula is C15H24N2O. The molecule has 100 valence electrons. The maximum atomic E-state index is 5.72. The lowest BCUT2D eigenvalue weighted by atomic mass is 10.1. The number of hydrogen-bond acceptors (Lipinski definition) is 3. The summed E-state index contributed by atoms with van der Waals surface area (Å²) in [6.07, 6.45) is 2.79. The van der Waals surface area contributed by atoms with E-state index in [-0.39, 0.29) is 0 Å². The van der Waals surface area contributed by atoms with Gasteiger partial charge in [0.05, 0.1) is 6.10 Å². The summed E-state index contributed by atoms with van der Waals surface area (Å²) in [6, 6.07) is 8.57. The first-order valence-electron chi connectivity index (χ1n) is 6.88. The van der Waals surface area contributed by atoms with Crippen molar-refractivity contribution in [1.82, 2.24) is 4.90 Å². The summed E-state index contributed by atoms with van der Waals surface area (Å²) < 4.78 is 5.72. The van der Waals surface area contributed by atoms with Gasteiger partial charge in [-0.25, -0.2) is 0 Å². The van der Waals surface area contributed by atoms with Gasteiger partial charge in [0.15, 0.2) is 0 Å². The van der Waals surface area contributed by atoms with Gasteiger partial charge in [0.1, 0.15) is 0 Å². The minimum absolute atomic E-state index is 0.403. The van der Waals surface area contributed by atoms with Crippen LogP contribution in [-0.2, 0) is 11.3 Å². The van der Waals surface area contributed by atoms with Crippen molar-refractivity contribution in [1.29, 1.82) is 0 Å². The van der Waals surface area contributed by atoms with E-state index in [2.05, 4.69) is 36.1 Å². The summed E-state index contributed by atoms with van der Waals surface area (Å²) in [7, 11) is 0. The molecule has 0 bridgehead atoms. The van der Waals surface area contributed by atoms with Crippen molar-refractivity contribution in [2.45, 2.75) is 32.4 Å². The number of hydrogen-bond donors (Lipinski definition) is 1. The minimum Gasteiger partial charge on any atom is -0.377 e. The van der Waals surface area contributed by atoms with Gasteiger partial charge in [-0.3, -0.25) is 4.90 Å². The third-order valence-corrected chi connectivity index (χ3v) is 3.59. The normalized spacial score (nSPS) is 19.6. The van der Waals surface area contributed by atoms with Gasteiger partial charge in [-0.1, -0.05) is 24.3 Å². The predicted molar refractivity (Wildman–Crippen MR) is 74.5 cm³/mol. The van der Waals surface area contributed by atoms with Crippen molar-refractivity contribution in [3.8, 4) is 0 Å². The molecule has 1 fully saturated rings. The lowest BCUT2D eigenvalue weighted by Gasteiger charge is -2.25. The Kier molecular flexibility index (Phi) is 5.17. The number of nitrogens with zero attached hydrogens (tertiary/aromatic N) is 1. The third-order valence-electron chi connectivity index (χ3n) is 3.59. The van der Waals surface area contributed by atoms with Crippen LogP contribution in [0.2, 0.25) is 0 Å². The molecule has 18 heavy (non-hydrogen) atoms. The number of ether oxygens (including phenoxy) is 1. The van der Waals surface area contributed by atoms with E-state index in [4.69, 9.17) is 10.5 Å². The van der Waals surface area contributed by atoms with Gasteiger partial charge >= 0.3 is 0 Å². The monoisotopic (exact) mass is 248 g/mol. The molecule has 0 saturated carbocycles. The Balaban J connectivity index is 1.94. The smallest absolute Gasteiger partial charge is 0.0702 e. The van der Waals surface area contributed by atoms with Crippen LogP contribution < -0.4 is 5.73 Å². The molecule has 1 heterocycles. The molecule has 1 aliphatic rings. The second kappa shape index (κ2) is 6.88. The molecule has 1 aliphatic heterocycles. The summed E-state index contributed by atoms with van der Waals surface area (Å²) in [5.74, 6) is 0. The summed E-state index contributed by atoms with van der Waals surface area (Å²) in [6.45, 7) is 6.72. The van der Waals surface area contributed by atoms with Gasteiger partial charge < -0.3 is 10.5 Å². The molecular weight excluding hydrogens is 224 g/mol. The Morgan fingerprint density at radius 1 is 1.39 bits per heavy atom. The number of nitrogens with two attached hydrogens (primary N) is 1. The van der Waals surface area contributed by atoms with E-state index in [1.165, 1.54) is 24.0 Å². The maximum Gasteiger partial charge on any atom is 0.0702 e. The molecule has 0 spiro atoms. The zero-order valence-electron chi connectivity index (χ0n) is 11.3. The Hall–Kier alpha value is -0.900. The van der Waals surface area contributed by atoms with Gasteiger partial charge in [0.2, 0.25) is 0 Å². The van der Waals surface area contributed by atoms with Crippen molar-refractivity contribution in [3.05, 3.63) is 35.4 Å². The van der Waals surface area contributed by atoms with Crippen LogP contribution in [0.4, 0.5) is 0 Å². The van der Waals surface area contributed by atoms with Crippen molar-refractivity contribution in [2.75, 3.05) is 26.2 Å². The highest BCUT2D eigenvalue weighted by Gasteiger charge is 2.19. The number of benzene rings is 1. The maximum absolute atomic E-state index is 5.72. The first kappa shape index (κ1) is 13.5. The van der Waals surface area contributed by atoms with E-state index >= 15 is 0 Å². The Bertz CT molecular complexity index is 361. The number of aryl methyl sites for hydroxylation is 1. The van der Waals surface area contributed by atoms with Crippen molar-refractivity contribution < 1.29 is 4.74 Å². The number of rotatable bonds is 6. The average Bonchev–Trinajstić information content (AvgIpc) is 2.85. The molecule has 1 unspecified atom stereocenters. The Morgan fingerprint density at radius 3 is 2.89 bits per heavy atom. The molecule has 0 aromatic heterocycles.